The smallest absolute Gasteiger partial charge is 0.341 e. The highest BCUT2D eigenvalue weighted by Gasteiger charge is 2.56. The summed E-state index contributed by atoms with van der Waals surface area (Å²) in [4.78, 5) is 50.7. The summed E-state index contributed by atoms with van der Waals surface area (Å²) in [5.74, 6) is -0.956. The summed E-state index contributed by atoms with van der Waals surface area (Å²) in [6.07, 6.45) is 23.5. The number of aliphatic hydroxyl groups excluding tert-OH is 1. The molecule has 0 bridgehead atoms. The van der Waals surface area contributed by atoms with E-state index in [1.54, 1.807) is 0 Å². The van der Waals surface area contributed by atoms with E-state index in [2.05, 4.69) is 86.8 Å². The molecule has 16 heteroatoms. The number of esters is 1. The van der Waals surface area contributed by atoms with E-state index in [-0.39, 0.29) is 25.4 Å². The summed E-state index contributed by atoms with van der Waals surface area (Å²) >= 11 is 0. The fourth-order valence-corrected chi connectivity index (χ4v) is 6.19. The van der Waals surface area contributed by atoms with E-state index >= 15 is 4.39 Å². The maximum atomic E-state index is 15.5. The molecule has 5 atom stereocenters. The average Bonchev–Trinajstić information content (AvgIpc) is 3.33. The Morgan fingerprint density at radius 1 is 1.02 bits per heavy atom. The minimum absolute atomic E-state index is 0.0434. The van der Waals surface area contributed by atoms with Gasteiger partial charge in [-0.15, -0.1) is 0 Å². The lowest BCUT2D eigenvalue weighted by atomic mass is 9.98. The van der Waals surface area contributed by atoms with Crippen molar-refractivity contribution in [2.75, 3.05) is 33.4 Å². The summed E-state index contributed by atoms with van der Waals surface area (Å²) in [6.45, 7) is 1.93. The van der Waals surface area contributed by atoms with Crippen LogP contribution >= 0.6 is 7.67 Å². The van der Waals surface area contributed by atoms with E-state index in [4.69, 9.17) is 9.26 Å². The molecule has 2 rings (SSSR count). The molecular formula is C35H53FN5O9P. The fourth-order valence-electron chi connectivity index (χ4n) is 4.79. The van der Waals surface area contributed by atoms with Gasteiger partial charge in [0.2, 0.25) is 5.91 Å². The average molecular weight is 738 g/mol. The van der Waals surface area contributed by atoms with Gasteiger partial charge in [-0.3, -0.25) is 18.9 Å². The first-order valence-electron chi connectivity index (χ1n) is 17.1. The van der Waals surface area contributed by atoms with Crippen LogP contribution in [0.3, 0.4) is 0 Å². The number of nitrogens with one attached hydrogen (secondary N) is 4. The zero-order chi connectivity index (χ0) is 37.5. The Morgan fingerprint density at radius 3 is 2.22 bits per heavy atom. The highest BCUT2D eigenvalue weighted by Crippen LogP contribution is 2.43. The van der Waals surface area contributed by atoms with Crippen LogP contribution in [0.5, 0.6) is 0 Å². The normalized spacial score (nSPS) is 22.2. The van der Waals surface area contributed by atoms with Gasteiger partial charge in [-0.25, -0.2) is 23.9 Å². The number of aliphatic hydroxyl groups is 1. The Balaban J connectivity index is 1.73. The topological polar surface area (TPSA) is 190 Å². The number of carbonyl (C=O) groups is 2. The summed E-state index contributed by atoms with van der Waals surface area (Å²) in [5.41, 5.74) is -4.40. The van der Waals surface area contributed by atoms with E-state index in [0.29, 0.717) is 11.0 Å². The number of hydrogen-bond acceptors (Lipinski definition) is 9. The van der Waals surface area contributed by atoms with Gasteiger partial charge in [0.1, 0.15) is 18.8 Å². The van der Waals surface area contributed by atoms with Crippen molar-refractivity contribution in [2.45, 2.75) is 89.3 Å². The Morgan fingerprint density at radius 2 is 1.63 bits per heavy atom. The Bertz CT molecular complexity index is 1510. The SMILES string of the molecule is CC/C=C\C/C=C\C/C=C\C/C=C\C/C=C\CCCC(=O)NCCNP(=O)(NCC(=O)OC)OC[C@H]1O[C@@H](n2c(=O)cc[nH]c2=O)[C@](C)(F)[C@@H]1O. The van der Waals surface area contributed by atoms with Gasteiger partial charge in [-0.1, -0.05) is 67.7 Å². The number of ether oxygens (including phenoxy) is 2. The maximum Gasteiger partial charge on any atom is 0.341 e. The molecule has 0 aromatic carbocycles. The van der Waals surface area contributed by atoms with Crippen molar-refractivity contribution in [2.24, 2.45) is 0 Å². The second kappa shape index (κ2) is 23.7. The molecule has 1 aliphatic rings. The zero-order valence-electron chi connectivity index (χ0n) is 29.6. The van der Waals surface area contributed by atoms with Crippen LogP contribution in [0.1, 0.15) is 71.4 Å². The number of nitrogens with zero attached hydrogens (tertiary/aromatic N) is 1. The molecular weight excluding hydrogens is 684 g/mol. The van der Waals surface area contributed by atoms with Crippen LogP contribution in [-0.2, 0) is 28.2 Å². The predicted molar refractivity (Wildman–Crippen MR) is 194 cm³/mol. The minimum Gasteiger partial charge on any atom is -0.468 e. The number of unbranched alkanes of at least 4 members (excludes halogenated alkanes) is 1. The lowest BCUT2D eigenvalue weighted by Crippen LogP contribution is -2.46. The van der Waals surface area contributed by atoms with E-state index in [1.165, 1.54) is 0 Å². The monoisotopic (exact) mass is 737 g/mol. The molecule has 1 amide bonds. The van der Waals surface area contributed by atoms with Gasteiger partial charge in [-0.2, -0.15) is 0 Å². The standard InChI is InChI=1S/C35H53FN5O9P/c1-4-5-6-7-8-9-10-11-12-13-14-15-16-17-18-19-20-21-29(42)37-24-25-39-51(47,40-26-31(44)48-3)49-27-28-32(45)35(2,36)33(50-28)41-30(43)22-23-38-34(41)46/h5-6,8-9,11-12,14-15,17-18,22-23,28,32-33,45H,4,7,10,13,16,19-21,24-27H2,1-3H3,(H,37,42)(H,38,46)(H2,39,40,47)/b6-5-,9-8-,12-11-,15-14-,18-17-/t28-,32-,33-,35-,51?/m1/s1. The van der Waals surface area contributed by atoms with Crippen LogP contribution in [0.2, 0.25) is 0 Å². The van der Waals surface area contributed by atoms with Gasteiger partial charge >= 0.3 is 19.3 Å². The number of aromatic amines is 1. The highest BCUT2D eigenvalue weighted by molar-refractivity contribution is 7.54. The Kier molecular flexibility index (Phi) is 20.2. The number of halogens is 1. The minimum atomic E-state index is -4.06. The van der Waals surface area contributed by atoms with Gasteiger partial charge in [0.05, 0.1) is 13.7 Å². The first kappa shape index (κ1) is 43.4. The number of hydrogen-bond donors (Lipinski definition) is 5. The van der Waals surface area contributed by atoms with Crippen LogP contribution < -0.4 is 26.7 Å². The summed E-state index contributed by atoms with van der Waals surface area (Å²) < 4.78 is 45.0. The summed E-state index contributed by atoms with van der Waals surface area (Å²) in [5, 5.41) is 18.3. The van der Waals surface area contributed by atoms with E-state index in [1.807, 2.05) is 6.08 Å². The third-order valence-electron chi connectivity index (χ3n) is 7.62. The fraction of sp³-hybridized carbons (Fsp3) is 0.543. The molecule has 1 saturated heterocycles. The van der Waals surface area contributed by atoms with Crippen molar-refractivity contribution in [1.82, 2.24) is 25.0 Å². The molecule has 0 aliphatic carbocycles. The van der Waals surface area contributed by atoms with Crippen LogP contribution in [0.4, 0.5) is 4.39 Å². The molecule has 51 heavy (non-hydrogen) atoms. The molecule has 0 saturated carbocycles. The Hall–Kier alpha value is -3.72. The molecule has 1 aliphatic heterocycles. The maximum absolute atomic E-state index is 15.5. The zero-order valence-corrected chi connectivity index (χ0v) is 30.5. The van der Waals surface area contributed by atoms with Crippen molar-refractivity contribution >= 4 is 19.5 Å². The lowest BCUT2D eigenvalue weighted by Gasteiger charge is -2.24. The van der Waals surface area contributed by atoms with Crippen LogP contribution in [0.15, 0.2) is 82.6 Å². The molecule has 1 fully saturated rings. The number of alkyl halides is 1. The second-order valence-electron chi connectivity index (χ2n) is 11.7. The quantitative estimate of drug-likeness (QED) is 0.0446. The molecule has 1 aromatic heterocycles. The number of aromatic nitrogens is 2. The van der Waals surface area contributed by atoms with Gasteiger partial charge < -0.3 is 29.4 Å². The first-order valence-corrected chi connectivity index (χ1v) is 18.7. The number of carbonyl (C=O) groups excluding carboxylic acids is 2. The van der Waals surface area contributed by atoms with Gasteiger partial charge in [-0.05, 0) is 51.9 Å². The number of allylic oxidation sites excluding steroid dienone is 10. The Labute approximate surface area is 298 Å². The van der Waals surface area contributed by atoms with Gasteiger partial charge in [0.25, 0.3) is 5.56 Å². The van der Waals surface area contributed by atoms with Crippen molar-refractivity contribution in [1.29, 1.82) is 0 Å². The molecule has 0 radical (unpaired) electrons. The van der Waals surface area contributed by atoms with Crippen LogP contribution in [0, 0.1) is 0 Å². The first-order chi connectivity index (χ1) is 24.4. The molecule has 284 valence electrons. The number of H-pyrrole nitrogens is 1. The molecule has 1 unspecified atom stereocenters. The van der Waals surface area contributed by atoms with Crippen molar-refractivity contribution in [3.63, 3.8) is 0 Å². The third-order valence-corrected chi connectivity index (χ3v) is 9.35. The lowest BCUT2D eigenvalue weighted by molar-refractivity contribution is -0.139. The summed E-state index contributed by atoms with van der Waals surface area (Å²) in [7, 11) is -2.92. The van der Waals surface area contributed by atoms with Crippen molar-refractivity contribution in [3.8, 4) is 0 Å². The molecule has 5 N–H and O–H groups in total. The van der Waals surface area contributed by atoms with Crippen LogP contribution in [0.25, 0.3) is 0 Å². The summed E-state index contributed by atoms with van der Waals surface area (Å²) in [6, 6.07) is 0.997. The van der Waals surface area contributed by atoms with Crippen molar-refractivity contribution in [3.05, 3.63) is 93.9 Å². The van der Waals surface area contributed by atoms with Gasteiger partial charge in [0.15, 0.2) is 11.9 Å². The molecule has 0 spiro atoms. The second-order valence-corrected chi connectivity index (χ2v) is 13.7. The third kappa shape index (κ3) is 16.0. The predicted octanol–water partition coefficient (Wildman–Crippen LogP) is 4.04. The van der Waals surface area contributed by atoms with E-state index < -0.39 is 62.1 Å². The van der Waals surface area contributed by atoms with E-state index in [9.17, 15) is 28.8 Å². The number of methoxy groups -OCH3 is 1. The molecule has 1 aromatic rings. The van der Waals surface area contributed by atoms with E-state index in [0.717, 1.165) is 64.8 Å². The number of amides is 1. The molecule has 14 nitrogen and oxygen atoms in total. The largest absolute Gasteiger partial charge is 0.468 e. The molecule has 2 heterocycles. The highest BCUT2D eigenvalue weighted by atomic mass is 31.2. The number of rotatable bonds is 24. The van der Waals surface area contributed by atoms with Crippen LogP contribution in [-0.4, -0.2) is 77.8 Å². The van der Waals surface area contributed by atoms with Gasteiger partial charge in [0, 0.05) is 31.8 Å². The van der Waals surface area contributed by atoms with Crippen molar-refractivity contribution < 1.29 is 37.6 Å².